The summed E-state index contributed by atoms with van der Waals surface area (Å²) < 4.78 is 36.8. The molecular formula is C25H24FN3O4. The van der Waals surface area contributed by atoms with Crippen molar-refractivity contribution in [2.45, 2.75) is 13.8 Å². The molecule has 1 N–H and O–H groups in total. The smallest absolute Gasteiger partial charge is 0.228 e. The molecular weight excluding hydrogens is 425 g/mol. The Bertz CT molecular complexity index is 1310. The highest BCUT2D eigenvalue weighted by atomic mass is 19.1. The molecule has 2 aromatic heterocycles. The largest absolute Gasteiger partial charge is 0.486 e. The van der Waals surface area contributed by atoms with E-state index < -0.39 is 6.86 Å². The summed E-state index contributed by atoms with van der Waals surface area (Å²) in [6, 6.07) is 15.1. The number of aryl methyl sites for hydroxylation is 2. The van der Waals surface area contributed by atoms with Gasteiger partial charge in [-0.25, -0.2) is 13.8 Å². The van der Waals surface area contributed by atoms with E-state index in [0.717, 1.165) is 45.3 Å². The Morgan fingerprint density at radius 2 is 1.79 bits per heavy atom. The third kappa shape index (κ3) is 3.77. The molecule has 0 spiro atoms. The van der Waals surface area contributed by atoms with Crippen LogP contribution in [0.4, 0.5) is 15.9 Å². The van der Waals surface area contributed by atoms with Crippen molar-refractivity contribution in [3.63, 3.8) is 0 Å². The Balaban J connectivity index is 1.69. The average molecular weight is 449 g/mol. The molecule has 1 aliphatic heterocycles. The van der Waals surface area contributed by atoms with Crippen LogP contribution in [0.3, 0.4) is 0 Å². The standard InChI is InChI=1S/C25H24FN3O4/c1-15-11-18(33-14-26)12-16(2)23(15)24-25(29-21(28-24)5-4-6-22(29)30-3)27-17-7-8-19-20(13-17)32-10-9-31-19/h4-8,11-13,27H,9-10,14H2,1-3H3. The minimum absolute atomic E-state index is 0.485. The lowest BCUT2D eigenvalue weighted by molar-refractivity contribution is 0.171. The summed E-state index contributed by atoms with van der Waals surface area (Å²) in [5, 5.41) is 3.51. The van der Waals surface area contributed by atoms with Gasteiger partial charge in [0.1, 0.15) is 36.1 Å². The van der Waals surface area contributed by atoms with E-state index in [0.29, 0.717) is 30.6 Å². The first-order valence-electron chi connectivity index (χ1n) is 10.6. The zero-order chi connectivity index (χ0) is 22.9. The minimum Gasteiger partial charge on any atom is -0.486 e. The number of hydrogen-bond donors (Lipinski definition) is 1. The Labute approximate surface area is 190 Å². The zero-order valence-electron chi connectivity index (χ0n) is 18.6. The summed E-state index contributed by atoms with van der Waals surface area (Å²) in [5.74, 6) is 3.27. The van der Waals surface area contributed by atoms with Crippen LogP contribution in [0.5, 0.6) is 23.1 Å². The second-order valence-corrected chi connectivity index (χ2v) is 7.74. The first kappa shape index (κ1) is 20.9. The molecule has 7 nitrogen and oxygen atoms in total. The van der Waals surface area contributed by atoms with E-state index in [4.69, 9.17) is 23.9 Å². The quantitative estimate of drug-likeness (QED) is 0.422. The minimum atomic E-state index is -0.874. The van der Waals surface area contributed by atoms with Crippen LogP contribution in [0.15, 0.2) is 48.5 Å². The van der Waals surface area contributed by atoms with E-state index in [2.05, 4.69) is 5.32 Å². The third-order valence-corrected chi connectivity index (χ3v) is 5.59. The maximum atomic E-state index is 12.7. The van der Waals surface area contributed by atoms with Crippen molar-refractivity contribution in [3.8, 4) is 34.4 Å². The van der Waals surface area contributed by atoms with Gasteiger partial charge in [0, 0.05) is 17.3 Å². The van der Waals surface area contributed by atoms with Crippen LogP contribution in [-0.4, -0.2) is 36.6 Å². The molecule has 0 unspecified atom stereocenters. The molecule has 8 heteroatoms. The number of pyridine rings is 1. The molecule has 5 rings (SSSR count). The molecule has 0 saturated carbocycles. The topological polar surface area (TPSA) is 66.2 Å². The predicted octanol–water partition coefficient (Wildman–Crippen LogP) is 5.45. The number of imidazole rings is 1. The van der Waals surface area contributed by atoms with Crippen LogP contribution in [-0.2, 0) is 0 Å². The number of aromatic nitrogens is 2. The summed E-state index contributed by atoms with van der Waals surface area (Å²) in [5.41, 5.74) is 5.08. The molecule has 3 heterocycles. The maximum Gasteiger partial charge on any atom is 0.228 e. The highest BCUT2D eigenvalue weighted by Gasteiger charge is 2.21. The molecule has 170 valence electrons. The predicted molar refractivity (Wildman–Crippen MR) is 124 cm³/mol. The fourth-order valence-electron chi connectivity index (χ4n) is 4.21. The van der Waals surface area contributed by atoms with Gasteiger partial charge in [0.15, 0.2) is 11.5 Å². The van der Waals surface area contributed by atoms with Crippen LogP contribution in [0.1, 0.15) is 11.1 Å². The van der Waals surface area contributed by atoms with Crippen molar-refractivity contribution in [1.82, 2.24) is 9.38 Å². The second kappa shape index (κ2) is 8.54. The molecule has 0 fully saturated rings. The lowest BCUT2D eigenvalue weighted by Crippen LogP contribution is -2.15. The maximum absolute atomic E-state index is 12.7. The van der Waals surface area contributed by atoms with Crippen molar-refractivity contribution >= 4 is 17.2 Å². The lowest BCUT2D eigenvalue weighted by Gasteiger charge is -2.20. The van der Waals surface area contributed by atoms with Crippen molar-refractivity contribution in [2.75, 3.05) is 32.5 Å². The molecule has 33 heavy (non-hydrogen) atoms. The van der Waals surface area contributed by atoms with Crippen LogP contribution in [0.2, 0.25) is 0 Å². The Morgan fingerprint density at radius 1 is 1.03 bits per heavy atom. The van der Waals surface area contributed by atoms with Gasteiger partial charge < -0.3 is 24.3 Å². The van der Waals surface area contributed by atoms with Crippen molar-refractivity contribution in [1.29, 1.82) is 0 Å². The number of halogens is 1. The lowest BCUT2D eigenvalue weighted by atomic mass is 9.99. The van der Waals surface area contributed by atoms with Gasteiger partial charge in [0.2, 0.25) is 12.7 Å². The summed E-state index contributed by atoms with van der Waals surface area (Å²) in [6.45, 7) is 4.09. The number of nitrogens with zero attached hydrogens (tertiary/aromatic N) is 2. The third-order valence-electron chi connectivity index (χ3n) is 5.59. The van der Waals surface area contributed by atoms with E-state index in [1.54, 1.807) is 7.11 Å². The number of benzene rings is 2. The van der Waals surface area contributed by atoms with Gasteiger partial charge in [-0.1, -0.05) is 6.07 Å². The van der Waals surface area contributed by atoms with Crippen molar-refractivity contribution in [2.24, 2.45) is 0 Å². The molecule has 0 radical (unpaired) electrons. The highest BCUT2D eigenvalue weighted by Crippen LogP contribution is 2.40. The number of anilines is 2. The first-order valence-corrected chi connectivity index (χ1v) is 10.6. The second-order valence-electron chi connectivity index (χ2n) is 7.74. The van der Waals surface area contributed by atoms with E-state index in [1.165, 1.54) is 0 Å². The van der Waals surface area contributed by atoms with Crippen LogP contribution in [0, 0.1) is 13.8 Å². The van der Waals surface area contributed by atoms with Gasteiger partial charge in [-0.05, 0) is 61.4 Å². The number of rotatable bonds is 6. The highest BCUT2D eigenvalue weighted by molar-refractivity contribution is 5.84. The molecule has 0 atom stereocenters. The van der Waals surface area contributed by atoms with Crippen molar-refractivity contribution < 1.29 is 23.3 Å². The molecule has 2 aromatic carbocycles. The number of fused-ring (bicyclic) bond motifs is 2. The molecule has 0 saturated heterocycles. The molecule has 0 bridgehead atoms. The zero-order valence-corrected chi connectivity index (χ0v) is 18.6. The Morgan fingerprint density at radius 3 is 2.52 bits per heavy atom. The van der Waals surface area contributed by atoms with Gasteiger partial charge in [-0.2, -0.15) is 0 Å². The summed E-state index contributed by atoms with van der Waals surface area (Å²) in [4.78, 5) is 4.92. The van der Waals surface area contributed by atoms with E-state index in [9.17, 15) is 4.39 Å². The van der Waals surface area contributed by atoms with Gasteiger partial charge in [0.25, 0.3) is 0 Å². The van der Waals surface area contributed by atoms with E-state index in [1.807, 2.05) is 66.8 Å². The summed E-state index contributed by atoms with van der Waals surface area (Å²) >= 11 is 0. The SMILES string of the molecule is COc1cccc2nc(-c3c(C)cc(OCF)cc3C)c(Nc3ccc4c(c3)OCCO4)n12. The monoisotopic (exact) mass is 449 g/mol. The Hall–Kier alpha value is -3.94. The number of methoxy groups -OCH3 is 1. The fraction of sp³-hybridized carbons (Fsp3) is 0.240. The van der Waals surface area contributed by atoms with E-state index in [-0.39, 0.29) is 0 Å². The Kier molecular flexibility index (Phi) is 5.42. The summed E-state index contributed by atoms with van der Waals surface area (Å²) in [7, 11) is 1.63. The molecule has 1 aliphatic rings. The molecule has 0 amide bonds. The first-order chi connectivity index (χ1) is 16.1. The number of ether oxygens (including phenoxy) is 4. The van der Waals surface area contributed by atoms with Gasteiger partial charge in [0.05, 0.1) is 7.11 Å². The van der Waals surface area contributed by atoms with Crippen LogP contribution >= 0.6 is 0 Å². The number of hydrogen-bond acceptors (Lipinski definition) is 6. The van der Waals surface area contributed by atoms with Gasteiger partial charge >= 0.3 is 0 Å². The number of nitrogens with one attached hydrogen (secondary N) is 1. The van der Waals surface area contributed by atoms with Gasteiger partial charge in [-0.15, -0.1) is 0 Å². The van der Waals surface area contributed by atoms with Crippen LogP contribution in [0.25, 0.3) is 16.9 Å². The number of alkyl halides is 1. The van der Waals surface area contributed by atoms with Gasteiger partial charge in [-0.3, -0.25) is 0 Å². The normalized spacial score (nSPS) is 12.6. The molecule has 4 aromatic rings. The fourth-order valence-corrected chi connectivity index (χ4v) is 4.21. The summed E-state index contributed by atoms with van der Waals surface area (Å²) in [6.07, 6.45) is 0. The van der Waals surface area contributed by atoms with Crippen molar-refractivity contribution in [3.05, 3.63) is 59.7 Å². The van der Waals surface area contributed by atoms with E-state index >= 15 is 0 Å². The average Bonchev–Trinajstić information content (AvgIpc) is 3.16. The van der Waals surface area contributed by atoms with Crippen LogP contribution < -0.4 is 24.3 Å². The molecule has 0 aliphatic carbocycles.